The van der Waals surface area contributed by atoms with Crippen molar-refractivity contribution in [3.05, 3.63) is 64.9 Å². The minimum absolute atomic E-state index is 0.0352. The van der Waals surface area contributed by atoms with Gasteiger partial charge in [0.1, 0.15) is 18.4 Å². The van der Waals surface area contributed by atoms with Gasteiger partial charge in [0, 0.05) is 17.6 Å². The predicted molar refractivity (Wildman–Crippen MR) is 135 cm³/mol. The van der Waals surface area contributed by atoms with E-state index >= 15 is 0 Å². The standard InChI is InChI=1S/C25H31ClFN3O4S/c1-18(25(32)28-21-11-4-3-5-12-21)29(16-19-9-8-10-20(26)15-19)24(31)17-30(35(2,33)34)23-14-7-6-13-22(23)27/h6-10,13-15,18,21H,3-5,11-12,16-17H2,1-2H3,(H,28,32)/t18-/m0/s1. The van der Waals surface area contributed by atoms with Crippen LogP contribution in [0.5, 0.6) is 0 Å². The minimum Gasteiger partial charge on any atom is -0.352 e. The zero-order valence-electron chi connectivity index (χ0n) is 19.9. The molecule has 0 saturated heterocycles. The van der Waals surface area contributed by atoms with Crippen LogP contribution in [0.25, 0.3) is 0 Å². The Kier molecular flexibility index (Phi) is 9.13. The first-order valence-electron chi connectivity index (χ1n) is 11.6. The van der Waals surface area contributed by atoms with Crippen molar-refractivity contribution in [2.75, 3.05) is 17.1 Å². The molecule has 0 unspecified atom stereocenters. The number of carbonyl (C=O) groups is 2. The Bertz CT molecular complexity index is 1150. The zero-order chi connectivity index (χ0) is 25.6. The molecule has 1 aliphatic rings. The summed E-state index contributed by atoms with van der Waals surface area (Å²) in [4.78, 5) is 27.9. The lowest BCUT2D eigenvalue weighted by Gasteiger charge is -2.33. The summed E-state index contributed by atoms with van der Waals surface area (Å²) in [6, 6.07) is 11.4. The molecule has 1 fully saturated rings. The summed E-state index contributed by atoms with van der Waals surface area (Å²) in [5.41, 5.74) is 0.449. The van der Waals surface area contributed by atoms with E-state index in [0.717, 1.165) is 48.7 Å². The number of hydrogen-bond acceptors (Lipinski definition) is 4. The SMILES string of the molecule is C[C@@H](C(=O)NC1CCCCC1)N(Cc1cccc(Cl)c1)C(=O)CN(c1ccccc1F)S(C)(=O)=O. The minimum atomic E-state index is -3.99. The summed E-state index contributed by atoms with van der Waals surface area (Å²) in [5, 5.41) is 3.50. The second-order valence-corrected chi connectivity index (χ2v) is 11.2. The molecule has 0 heterocycles. The van der Waals surface area contributed by atoms with Crippen molar-refractivity contribution in [1.82, 2.24) is 10.2 Å². The first-order chi connectivity index (χ1) is 16.6. The molecule has 10 heteroatoms. The largest absolute Gasteiger partial charge is 0.352 e. The van der Waals surface area contributed by atoms with Gasteiger partial charge in [0.05, 0.1) is 11.9 Å². The highest BCUT2D eigenvalue weighted by Gasteiger charge is 2.31. The van der Waals surface area contributed by atoms with E-state index in [2.05, 4.69) is 5.32 Å². The Balaban J connectivity index is 1.88. The lowest BCUT2D eigenvalue weighted by molar-refractivity contribution is -0.139. The molecule has 0 radical (unpaired) electrons. The van der Waals surface area contributed by atoms with E-state index in [1.807, 2.05) is 0 Å². The predicted octanol–water partition coefficient (Wildman–Crippen LogP) is 4.11. The van der Waals surface area contributed by atoms with Gasteiger partial charge in [-0.1, -0.05) is 55.1 Å². The van der Waals surface area contributed by atoms with E-state index in [4.69, 9.17) is 11.6 Å². The van der Waals surface area contributed by atoms with E-state index in [0.29, 0.717) is 10.6 Å². The molecule has 1 aliphatic carbocycles. The summed E-state index contributed by atoms with van der Waals surface area (Å²) in [6.45, 7) is 0.989. The van der Waals surface area contributed by atoms with E-state index in [1.54, 1.807) is 31.2 Å². The maximum Gasteiger partial charge on any atom is 0.244 e. The molecule has 35 heavy (non-hydrogen) atoms. The molecular formula is C25H31ClFN3O4S. The molecule has 2 amide bonds. The number of carbonyl (C=O) groups excluding carboxylic acids is 2. The number of benzene rings is 2. The van der Waals surface area contributed by atoms with Crippen LogP contribution in [0.1, 0.15) is 44.6 Å². The van der Waals surface area contributed by atoms with Crippen LogP contribution in [-0.2, 0) is 26.2 Å². The number of nitrogens with zero attached hydrogens (tertiary/aromatic N) is 2. The third kappa shape index (κ3) is 7.41. The highest BCUT2D eigenvalue weighted by molar-refractivity contribution is 7.92. The monoisotopic (exact) mass is 523 g/mol. The van der Waals surface area contributed by atoms with Crippen LogP contribution in [0.15, 0.2) is 48.5 Å². The molecular weight excluding hydrogens is 493 g/mol. The Morgan fingerprint density at radius 2 is 1.80 bits per heavy atom. The van der Waals surface area contributed by atoms with Gasteiger partial charge in [-0.2, -0.15) is 0 Å². The number of hydrogen-bond donors (Lipinski definition) is 1. The van der Waals surface area contributed by atoms with Crippen molar-refractivity contribution in [2.24, 2.45) is 0 Å². The number of amides is 2. The maximum atomic E-state index is 14.5. The van der Waals surface area contributed by atoms with Gasteiger partial charge in [-0.25, -0.2) is 12.8 Å². The smallest absolute Gasteiger partial charge is 0.244 e. The van der Waals surface area contributed by atoms with Gasteiger partial charge in [0.2, 0.25) is 21.8 Å². The fourth-order valence-corrected chi connectivity index (χ4v) is 5.30. The highest BCUT2D eigenvalue weighted by atomic mass is 35.5. The van der Waals surface area contributed by atoms with Crippen molar-refractivity contribution in [3.8, 4) is 0 Å². The van der Waals surface area contributed by atoms with Gasteiger partial charge in [-0.05, 0) is 49.6 Å². The molecule has 0 bridgehead atoms. The second-order valence-electron chi connectivity index (χ2n) is 8.89. The van der Waals surface area contributed by atoms with Crippen LogP contribution in [-0.4, -0.2) is 50.0 Å². The van der Waals surface area contributed by atoms with Gasteiger partial charge in [0.25, 0.3) is 0 Å². The van der Waals surface area contributed by atoms with Crippen molar-refractivity contribution >= 4 is 39.1 Å². The fraction of sp³-hybridized carbons (Fsp3) is 0.440. The molecule has 2 aromatic rings. The van der Waals surface area contributed by atoms with E-state index in [-0.39, 0.29) is 24.2 Å². The van der Waals surface area contributed by atoms with Crippen molar-refractivity contribution in [1.29, 1.82) is 0 Å². The molecule has 1 saturated carbocycles. The number of anilines is 1. The van der Waals surface area contributed by atoms with E-state index in [9.17, 15) is 22.4 Å². The summed E-state index contributed by atoms with van der Waals surface area (Å²) in [6.07, 6.45) is 5.89. The third-order valence-electron chi connectivity index (χ3n) is 6.16. The molecule has 190 valence electrons. The average molecular weight is 524 g/mol. The van der Waals surface area contributed by atoms with Crippen LogP contribution in [0.3, 0.4) is 0 Å². The number of para-hydroxylation sites is 1. The Hall–Kier alpha value is -2.65. The van der Waals surface area contributed by atoms with E-state index in [1.165, 1.54) is 23.1 Å². The molecule has 0 aromatic heterocycles. The summed E-state index contributed by atoms with van der Waals surface area (Å²) in [7, 11) is -3.99. The molecule has 1 N–H and O–H groups in total. The van der Waals surface area contributed by atoms with Gasteiger partial charge < -0.3 is 10.2 Å². The van der Waals surface area contributed by atoms with Crippen LogP contribution in [0.2, 0.25) is 5.02 Å². The van der Waals surface area contributed by atoms with Crippen LogP contribution in [0.4, 0.5) is 10.1 Å². The molecule has 0 aliphatic heterocycles. The van der Waals surface area contributed by atoms with Gasteiger partial charge >= 0.3 is 0 Å². The molecule has 1 atom stereocenters. The van der Waals surface area contributed by atoms with Crippen LogP contribution in [0, 0.1) is 5.82 Å². The van der Waals surface area contributed by atoms with Crippen LogP contribution < -0.4 is 9.62 Å². The summed E-state index contributed by atoms with van der Waals surface area (Å²) >= 11 is 6.11. The van der Waals surface area contributed by atoms with Gasteiger partial charge in [0.15, 0.2) is 0 Å². The normalized spacial score (nSPS) is 15.3. The van der Waals surface area contributed by atoms with E-state index < -0.39 is 34.3 Å². The van der Waals surface area contributed by atoms with Crippen LogP contribution >= 0.6 is 11.6 Å². The second kappa shape index (κ2) is 11.9. The Morgan fingerprint density at radius 3 is 2.43 bits per heavy atom. The lowest BCUT2D eigenvalue weighted by Crippen LogP contribution is -2.53. The molecule has 2 aromatic carbocycles. The van der Waals surface area contributed by atoms with Crippen molar-refractivity contribution < 1.29 is 22.4 Å². The molecule has 3 rings (SSSR count). The number of nitrogens with one attached hydrogen (secondary N) is 1. The fourth-order valence-electron chi connectivity index (χ4n) is 4.23. The quantitative estimate of drug-likeness (QED) is 0.536. The number of rotatable bonds is 9. The molecule has 7 nitrogen and oxygen atoms in total. The topological polar surface area (TPSA) is 86.8 Å². The Labute approximate surface area is 211 Å². The first kappa shape index (κ1) is 26.9. The first-order valence-corrected chi connectivity index (χ1v) is 13.9. The van der Waals surface area contributed by atoms with Gasteiger partial charge in [-0.15, -0.1) is 0 Å². The highest BCUT2D eigenvalue weighted by Crippen LogP contribution is 2.23. The molecule has 0 spiro atoms. The summed E-state index contributed by atoms with van der Waals surface area (Å²) in [5.74, 6) is -1.72. The Morgan fingerprint density at radius 1 is 1.11 bits per heavy atom. The van der Waals surface area contributed by atoms with Crippen molar-refractivity contribution in [2.45, 2.75) is 57.7 Å². The van der Waals surface area contributed by atoms with Gasteiger partial charge in [-0.3, -0.25) is 13.9 Å². The third-order valence-corrected chi connectivity index (χ3v) is 7.52. The maximum absolute atomic E-state index is 14.5. The number of sulfonamides is 1. The zero-order valence-corrected chi connectivity index (χ0v) is 21.5. The lowest BCUT2D eigenvalue weighted by atomic mass is 9.95. The average Bonchev–Trinajstić information content (AvgIpc) is 2.81. The summed E-state index contributed by atoms with van der Waals surface area (Å²) < 4.78 is 40.2. The number of halogens is 2. The van der Waals surface area contributed by atoms with Crippen molar-refractivity contribution in [3.63, 3.8) is 0 Å².